The Balaban J connectivity index is 1.38. The van der Waals surface area contributed by atoms with Gasteiger partial charge in [-0.2, -0.15) is 5.26 Å². The maximum Gasteiger partial charge on any atom is 0.309 e. The van der Waals surface area contributed by atoms with Crippen LogP contribution < -0.4 is 0 Å². The fourth-order valence-corrected chi connectivity index (χ4v) is 5.95. The van der Waals surface area contributed by atoms with Crippen LogP contribution in [0, 0.1) is 40.4 Å². The van der Waals surface area contributed by atoms with Crippen molar-refractivity contribution in [2.75, 3.05) is 0 Å². The average molecular weight is 374 g/mol. The van der Waals surface area contributed by atoms with Crippen LogP contribution in [0.25, 0.3) is 0 Å². The highest BCUT2D eigenvalue weighted by atomic mass is 16.5. The first-order chi connectivity index (χ1) is 13.1. The Morgan fingerprint density at radius 2 is 1.52 bits per heavy atom. The van der Waals surface area contributed by atoms with E-state index in [0.29, 0.717) is 0 Å². The molecule has 3 heteroatoms. The summed E-state index contributed by atoms with van der Waals surface area (Å²) in [6.07, 6.45) is 16.0. The van der Waals surface area contributed by atoms with Crippen LogP contribution in [0.4, 0.5) is 0 Å². The summed E-state index contributed by atoms with van der Waals surface area (Å²) in [5.74, 6) is 2.66. The molecule has 0 saturated heterocycles. The Kier molecular flexibility index (Phi) is 7.23. The molecule has 0 unspecified atom stereocenters. The summed E-state index contributed by atoms with van der Waals surface area (Å²) in [4.78, 5) is 12.5. The molecule has 0 aromatic heterocycles. The predicted molar refractivity (Wildman–Crippen MR) is 108 cm³/mol. The van der Waals surface area contributed by atoms with Crippen LogP contribution in [0.3, 0.4) is 0 Å². The number of rotatable bonds is 5. The summed E-state index contributed by atoms with van der Waals surface area (Å²) in [5.41, 5.74) is -0.0417. The van der Waals surface area contributed by atoms with Crippen LogP contribution >= 0.6 is 0 Å². The molecule has 0 aromatic rings. The summed E-state index contributed by atoms with van der Waals surface area (Å²) < 4.78 is 5.92. The molecule has 3 aliphatic carbocycles. The van der Waals surface area contributed by atoms with Crippen molar-refractivity contribution in [2.24, 2.45) is 29.1 Å². The molecule has 27 heavy (non-hydrogen) atoms. The molecule has 3 rings (SSSR count). The van der Waals surface area contributed by atoms with Gasteiger partial charge in [-0.15, -0.1) is 0 Å². The summed E-state index contributed by atoms with van der Waals surface area (Å²) in [6.45, 7) is 4.43. The summed E-state index contributed by atoms with van der Waals surface area (Å²) >= 11 is 0. The van der Waals surface area contributed by atoms with Crippen molar-refractivity contribution in [2.45, 2.75) is 110 Å². The topological polar surface area (TPSA) is 50.1 Å². The molecule has 3 aliphatic rings. The molecule has 0 aromatic carbocycles. The van der Waals surface area contributed by atoms with Gasteiger partial charge in [0.05, 0.1) is 17.4 Å². The summed E-state index contributed by atoms with van der Waals surface area (Å²) in [7, 11) is 0. The highest BCUT2D eigenvalue weighted by Gasteiger charge is 2.38. The monoisotopic (exact) mass is 373 g/mol. The Bertz CT molecular complexity index is 513. The average Bonchev–Trinajstić information content (AvgIpc) is 2.74. The van der Waals surface area contributed by atoms with Crippen molar-refractivity contribution in [3.05, 3.63) is 0 Å². The fourth-order valence-electron chi connectivity index (χ4n) is 5.95. The van der Waals surface area contributed by atoms with Crippen LogP contribution in [-0.2, 0) is 9.53 Å². The third-order valence-corrected chi connectivity index (χ3v) is 8.33. The van der Waals surface area contributed by atoms with E-state index in [1.807, 2.05) is 0 Å². The van der Waals surface area contributed by atoms with Crippen molar-refractivity contribution in [1.82, 2.24) is 0 Å². The van der Waals surface area contributed by atoms with Gasteiger partial charge < -0.3 is 4.74 Å². The molecule has 152 valence electrons. The van der Waals surface area contributed by atoms with E-state index in [2.05, 4.69) is 19.9 Å². The first kappa shape index (κ1) is 20.7. The van der Waals surface area contributed by atoms with Gasteiger partial charge >= 0.3 is 5.97 Å². The molecule has 3 saturated carbocycles. The fraction of sp³-hybridized carbons (Fsp3) is 0.917. The van der Waals surface area contributed by atoms with E-state index >= 15 is 0 Å². The van der Waals surface area contributed by atoms with E-state index in [4.69, 9.17) is 4.74 Å². The number of hydrogen-bond donors (Lipinski definition) is 0. The minimum Gasteiger partial charge on any atom is -0.462 e. The van der Waals surface area contributed by atoms with Gasteiger partial charge in [0.15, 0.2) is 0 Å². The number of carbonyl (C=O) groups is 1. The van der Waals surface area contributed by atoms with E-state index in [0.717, 1.165) is 62.7 Å². The number of carbonyl (C=O) groups excluding carboxylic acids is 1. The van der Waals surface area contributed by atoms with Gasteiger partial charge in [0.2, 0.25) is 0 Å². The van der Waals surface area contributed by atoms with E-state index in [-0.39, 0.29) is 23.4 Å². The molecule has 0 atom stereocenters. The van der Waals surface area contributed by atoms with Crippen molar-refractivity contribution in [3.63, 3.8) is 0 Å². The highest BCUT2D eigenvalue weighted by molar-refractivity contribution is 5.72. The van der Waals surface area contributed by atoms with E-state index in [1.54, 1.807) is 0 Å². The third-order valence-electron chi connectivity index (χ3n) is 8.33. The normalized spacial score (nSPS) is 40.1. The second kappa shape index (κ2) is 9.44. The molecule has 0 spiro atoms. The minimum atomic E-state index is -0.0417. The first-order valence-electron chi connectivity index (χ1n) is 11.7. The first-order valence-corrected chi connectivity index (χ1v) is 11.7. The Hall–Kier alpha value is -1.04. The lowest BCUT2D eigenvalue weighted by molar-refractivity contribution is -0.157. The predicted octanol–water partition coefficient (Wildman–Crippen LogP) is 6.41. The molecule has 3 nitrogen and oxygen atoms in total. The van der Waals surface area contributed by atoms with Crippen LogP contribution in [0.5, 0.6) is 0 Å². The smallest absolute Gasteiger partial charge is 0.309 e. The Labute approximate surface area is 166 Å². The van der Waals surface area contributed by atoms with E-state index in [9.17, 15) is 10.1 Å². The van der Waals surface area contributed by atoms with E-state index < -0.39 is 0 Å². The number of hydrogen-bond acceptors (Lipinski definition) is 3. The van der Waals surface area contributed by atoms with E-state index in [1.165, 1.54) is 44.9 Å². The number of ether oxygens (including phenoxy) is 1. The van der Waals surface area contributed by atoms with Gasteiger partial charge in [-0.25, -0.2) is 0 Å². The standard InChI is InChI=1S/C24H39NO2/c1-3-18-5-7-21(8-6-18)23(26)27-22-11-9-19(10-12-22)20-13-15-24(4-2,17-25)16-14-20/h18-22H,3-16H2,1-2H3. The molecule has 0 bridgehead atoms. The zero-order chi connectivity index (χ0) is 19.3. The van der Waals surface area contributed by atoms with Crippen molar-refractivity contribution >= 4 is 5.97 Å². The molecule has 0 amide bonds. The Morgan fingerprint density at radius 1 is 0.926 bits per heavy atom. The zero-order valence-corrected chi connectivity index (χ0v) is 17.5. The molecule has 0 N–H and O–H groups in total. The second-order valence-electron chi connectivity index (χ2n) is 9.68. The van der Waals surface area contributed by atoms with Crippen LogP contribution in [0.15, 0.2) is 0 Å². The third kappa shape index (κ3) is 5.07. The molecule has 0 heterocycles. The Morgan fingerprint density at radius 3 is 2.04 bits per heavy atom. The molecular formula is C24H39NO2. The molecule has 0 radical (unpaired) electrons. The lowest BCUT2D eigenvalue weighted by Gasteiger charge is -2.40. The highest BCUT2D eigenvalue weighted by Crippen LogP contribution is 2.46. The van der Waals surface area contributed by atoms with Gasteiger partial charge in [-0.3, -0.25) is 4.79 Å². The minimum absolute atomic E-state index is 0.0417. The number of esters is 1. The van der Waals surface area contributed by atoms with Gasteiger partial charge in [0.1, 0.15) is 6.10 Å². The lowest BCUT2D eigenvalue weighted by Crippen LogP contribution is -2.33. The zero-order valence-electron chi connectivity index (χ0n) is 17.5. The second-order valence-corrected chi connectivity index (χ2v) is 9.68. The molecule has 0 aliphatic heterocycles. The summed E-state index contributed by atoms with van der Waals surface area (Å²) in [5, 5.41) is 9.49. The van der Waals surface area contributed by atoms with Crippen LogP contribution in [0.2, 0.25) is 0 Å². The van der Waals surface area contributed by atoms with Crippen molar-refractivity contribution in [1.29, 1.82) is 5.26 Å². The lowest BCUT2D eigenvalue weighted by atomic mass is 9.65. The molecule has 3 fully saturated rings. The van der Waals surface area contributed by atoms with Gasteiger partial charge in [-0.1, -0.05) is 20.3 Å². The largest absolute Gasteiger partial charge is 0.462 e. The maximum absolute atomic E-state index is 12.5. The SMILES string of the molecule is CCC1CCC(C(=O)OC2CCC(C3CCC(C#N)(CC)CC3)CC2)CC1. The van der Waals surface area contributed by atoms with Crippen molar-refractivity contribution < 1.29 is 9.53 Å². The van der Waals surface area contributed by atoms with Crippen LogP contribution in [-0.4, -0.2) is 12.1 Å². The van der Waals surface area contributed by atoms with Gasteiger partial charge in [0, 0.05) is 0 Å². The van der Waals surface area contributed by atoms with Crippen LogP contribution in [0.1, 0.15) is 104 Å². The van der Waals surface area contributed by atoms with Crippen molar-refractivity contribution in [3.8, 4) is 6.07 Å². The summed E-state index contributed by atoms with van der Waals surface area (Å²) in [6, 6.07) is 2.60. The van der Waals surface area contributed by atoms with Gasteiger partial charge in [-0.05, 0) is 101 Å². The number of nitriles is 1. The number of nitrogens with zero attached hydrogens (tertiary/aromatic N) is 1. The maximum atomic E-state index is 12.5. The molecular weight excluding hydrogens is 334 g/mol. The quantitative estimate of drug-likeness (QED) is 0.523. The van der Waals surface area contributed by atoms with Gasteiger partial charge in [0.25, 0.3) is 0 Å².